The first kappa shape index (κ1) is 14.9. The van der Waals surface area contributed by atoms with Crippen molar-refractivity contribution in [2.75, 3.05) is 0 Å². The summed E-state index contributed by atoms with van der Waals surface area (Å²) in [6, 6.07) is 13.1. The van der Waals surface area contributed by atoms with Crippen LogP contribution in [0.2, 0.25) is 0 Å². The molecule has 22 heavy (non-hydrogen) atoms. The van der Waals surface area contributed by atoms with Gasteiger partial charge in [0.25, 0.3) is 0 Å². The van der Waals surface area contributed by atoms with Crippen molar-refractivity contribution in [3.8, 4) is 6.07 Å². The third-order valence-corrected chi connectivity index (χ3v) is 5.24. The highest BCUT2D eigenvalue weighted by atomic mass is 15.0. The number of nitriles is 1. The van der Waals surface area contributed by atoms with Crippen LogP contribution in [0.1, 0.15) is 55.3 Å². The molecule has 1 unspecified atom stereocenters. The molecular formula is C20H24N2. The van der Waals surface area contributed by atoms with Gasteiger partial charge in [-0.3, -0.25) is 0 Å². The Morgan fingerprint density at radius 3 is 2.23 bits per heavy atom. The molecule has 114 valence electrons. The fraction of sp³-hybridized carbons (Fsp3) is 0.450. The molecule has 1 aliphatic rings. The average molecular weight is 292 g/mol. The van der Waals surface area contributed by atoms with Crippen molar-refractivity contribution in [2.45, 2.75) is 58.4 Å². The molecule has 0 radical (unpaired) electrons. The van der Waals surface area contributed by atoms with E-state index in [4.69, 9.17) is 0 Å². The van der Waals surface area contributed by atoms with Crippen LogP contribution < -0.4 is 0 Å². The van der Waals surface area contributed by atoms with Crippen LogP contribution in [-0.2, 0) is 17.4 Å². The molecule has 0 amide bonds. The van der Waals surface area contributed by atoms with Crippen LogP contribution in [-0.4, -0.2) is 4.57 Å². The van der Waals surface area contributed by atoms with Crippen molar-refractivity contribution in [2.24, 2.45) is 0 Å². The van der Waals surface area contributed by atoms with Crippen LogP contribution in [0.25, 0.3) is 0 Å². The van der Waals surface area contributed by atoms with Crippen LogP contribution in [0.3, 0.4) is 0 Å². The molecule has 0 saturated carbocycles. The van der Waals surface area contributed by atoms with Gasteiger partial charge < -0.3 is 4.57 Å². The van der Waals surface area contributed by atoms with E-state index >= 15 is 0 Å². The summed E-state index contributed by atoms with van der Waals surface area (Å²) in [6.07, 6.45) is 0.912. The minimum atomic E-state index is -0.365. The molecule has 0 aliphatic heterocycles. The summed E-state index contributed by atoms with van der Waals surface area (Å²) >= 11 is 0. The molecule has 2 nitrogen and oxygen atoms in total. The van der Waals surface area contributed by atoms with Crippen LogP contribution >= 0.6 is 0 Å². The third kappa shape index (κ3) is 2.00. The highest BCUT2D eigenvalue weighted by Crippen LogP contribution is 2.52. The molecule has 2 heteroatoms. The second-order valence-corrected chi connectivity index (χ2v) is 7.50. The van der Waals surface area contributed by atoms with E-state index in [1.165, 1.54) is 28.1 Å². The molecule has 1 aliphatic carbocycles. The lowest BCUT2D eigenvalue weighted by molar-refractivity contribution is 0.432. The second-order valence-electron chi connectivity index (χ2n) is 7.50. The summed E-state index contributed by atoms with van der Waals surface area (Å²) in [7, 11) is 0. The van der Waals surface area contributed by atoms with E-state index in [1.54, 1.807) is 0 Å². The van der Waals surface area contributed by atoms with E-state index in [1.807, 2.05) is 0 Å². The van der Waals surface area contributed by atoms with E-state index in [9.17, 15) is 5.26 Å². The van der Waals surface area contributed by atoms with E-state index in [-0.39, 0.29) is 10.8 Å². The summed E-state index contributed by atoms with van der Waals surface area (Å²) < 4.78 is 2.39. The van der Waals surface area contributed by atoms with Crippen molar-refractivity contribution in [3.05, 3.63) is 58.4 Å². The van der Waals surface area contributed by atoms with Gasteiger partial charge in [0.2, 0.25) is 0 Å². The largest absolute Gasteiger partial charge is 0.344 e. The van der Waals surface area contributed by atoms with Crippen molar-refractivity contribution in [1.82, 2.24) is 4.57 Å². The third-order valence-electron chi connectivity index (χ3n) is 5.24. The summed E-state index contributed by atoms with van der Waals surface area (Å²) in [6.45, 7) is 11.9. The van der Waals surface area contributed by atoms with Crippen molar-refractivity contribution >= 4 is 0 Å². The predicted molar refractivity (Wildman–Crippen MR) is 90.1 cm³/mol. The second kappa shape index (κ2) is 4.74. The Hall–Kier alpha value is -2.01. The zero-order valence-corrected chi connectivity index (χ0v) is 14.2. The zero-order valence-electron chi connectivity index (χ0n) is 14.2. The Labute approximate surface area is 133 Å². The van der Waals surface area contributed by atoms with E-state index < -0.39 is 0 Å². The predicted octanol–water partition coefficient (Wildman–Crippen LogP) is 4.62. The van der Waals surface area contributed by atoms with E-state index in [0.29, 0.717) is 0 Å². The standard InChI is InChI=1S/C20H24N2/c1-14-17-18(20(5,13-21)12-19(17,3)4)15(2)22(14)11-16-9-7-6-8-10-16/h6-10H,11-12H2,1-5H3. The Bertz CT molecular complexity index is 759. The van der Waals surface area contributed by atoms with Crippen LogP contribution in [0, 0.1) is 25.2 Å². The number of rotatable bonds is 2. The minimum absolute atomic E-state index is 0.0661. The van der Waals surface area contributed by atoms with Gasteiger partial charge in [-0.15, -0.1) is 0 Å². The monoisotopic (exact) mass is 292 g/mol. The minimum Gasteiger partial charge on any atom is -0.344 e. The maximum absolute atomic E-state index is 9.76. The maximum Gasteiger partial charge on any atom is 0.0822 e. The Balaban J connectivity index is 2.17. The van der Waals surface area contributed by atoms with Gasteiger partial charge >= 0.3 is 0 Å². The quantitative estimate of drug-likeness (QED) is 0.794. The van der Waals surface area contributed by atoms with Crippen molar-refractivity contribution in [1.29, 1.82) is 5.26 Å². The number of benzene rings is 1. The van der Waals surface area contributed by atoms with Crippen molar-refractivity contribution in [3.63, 3.8) is 0 Å². The Morgan fingerprint density at radius 1 is 1.05 bits per heavy atom. The molecule has 1 atom stereocenters. The molecule has 0 saturated heterocycles. The Morgan fingerprint density at radius 2 is 1.64 bits per heavy atom. The van der Waals surface area contributed by atoms with Crippen molar-refractivity contribution < 1.29 is 0 Å². The molecule has 0 spiro atoms. The maximum atomic E-state index is 9.76. The SMILES string of the molecule is Cc1c2c(c(C)n1Cc1ccccc1)C(C)(C#N)CC2(C)C. The normalized spacial score (nSPS) is 22.4. The smallest absolute Gasteiger partial charge is 0.0822 e. The molecule has 0 bridgehead atoms. The van der Waals surface area contributed by atoms with Gasteiger partial charge in [0.05, 0.1) is 11.5 Å². The molecule has 3 rings (SSSR count). The van der Waals surface area contributed by atoms with Gasteiger partial charge in [0.1, 0.15) is 0 Å². The van der Waals surface area contributed by atoms with Gasteiger partial charge in [0, 0.05) is 17.9 Å². The molecule has 1 aromatic carbocycles. The number of hydrogen-bond acceptors (Lipinski definition) is 1. The molecule has 2 aromatic rings. The van der Waals surface area contributed by atoms with Gasteiger partial charge in [-0.05, 0) is 49.3 Å². The number of hydrogen-bond donors (Lipinski definition) is 0. The molecule has 0 N–H and O–H groups in total. The summed E-state index contributed by atoms with van der Waals surface area (Å²) in [5, 5.41) is 9.76. The highest BCUT2D eigenvalue weighted by molar-refractivity contribution is 5.55. The Kier molecular flexibility index (Phi) is 3.22. The first-order chi connectivity index (χ1) is 10.3. The topological polar surface area (TPSA) is 28.7 Å². The fourth-order valence-electron chi connectivity index (χ4n) is 4.55. The van der Waals surface area contributed by atoms with Crippen LogP contribution in [0.5, 0.6) is 0 Å². The fourth-order valence-corrected chi connectivity index (χ4v) is 4.55. The number of aromatic nitrogens is 1. The van der Waals surface area contributed by atoms with Gasteiger partial charge in [0.15, 0.2) is 0 Å². The van der Waals surface area contributed by atoms with E-state index in [2.05, 4.69) is 75.6 Å². The summed E-state index contributed by atoms with van der Waals surface area (Å²) in [5.41, 5.74) is 6.25. The summed E-state index contributed by atoms with van der Waals surface area (Å²) in [5.74, 6) is 0. The van der Waals surface area contributed by atoms with Gasteiger partial charge in [-0.25, -0.2) is 0 Å². The van der Waals surface area contributed by atoms with Crippen LogP contribution in [0.4, 0.5) is 0 Å². The lowest BCUT2D eigenvalue weighted by Gasteiger charge is -2.24. The van der Waals surface area contributed by atoms with Gasteiger partial charge in [-0.1, -0.05) is 44.2 Å². The van der Waals surface area contributed by atoms with Crippen LogP contribution in [0.15, 0.2) is 30.3 Å². The number of fused-ring (bicyclic) bond motifs is 1. The number of nitrogens with zero attached hydrogens (tertiary/aromatic N) is 2. The first-order valence-corrected chi connectivity index (χ1v) is 7.96. The molecule has 1 aromatic heterocycles. The summed E-state index contributed by atoms with van der Waals surface area (Å²) in [4.78, 5) is 0. The molecular weight excluding hydrogens is 268 g/mol. The molecule has 1 heterocycles. The van der Waals surface area contributed by atoms with Gasteiger partial charge in [-0.2, -0.15) is 5.26 Å². The lowest BCUT2D eigenvalue weighted by Crippen LogP contribution is -2.23. The first-order valence-electron chi connectivity index (χ1n) is 7.96. The molecule has 0 fully saturated rings. The average Bonchev–Trinajstić information content (AvgIpc) is 2.86. The zero-order chi connectivity index (χ0) is 16.1. The van der Waals surface area contributed by atoms with E-state index in [0.717, 1.165) is 13.0 Å². The highest BCUT2D eigenvalue weighted by Gasteiger charge is 2.49. The lowest BCUT2D eigenvalue weighted by atomic mass is 9.80.